The molecular formula is C19H31N5O. The quantitative estimate of drug-likeness (QED) is 0.803. The van der Waals surface area contributed by atoms with E-state index in [9.17, 15) is 4.79 Å². The zero-order valence-electron chi connectivity index (χ0n) is 15.4. The minimum atomic E-state index is 0.0685. The van der Waals surface area contributed by atoms with Crippen molar-refractivity contribution in [2.24, 2.45) is 5.92 Å². The van der Waals surface area contributed by atoms with E-state index in [2.05, 4.69) is 38.1 Å². The van der Waals surface area contributed by atoms with Crippen LogP contribution in [0.1, 0.15) is 51.9 Å². The molecule has 0 radical (unpaired) electrons. The van der Waals surface area contributed by atoms with Gasteiger partial charge in [-0.2, -0.15) is 0 Å². The van der Waals surface area contributed by atoms with E-state index in [0.717, 1.165) is 70.0 Å². The summed E-state index contributed by atoms with van der Waals surface area (Å²) in [5, 5.41) is 3.08. The molecule has 1 aromatic rings. The fourth-order valence-electron chi connectivity index (χ4n) is 3.74. The van der Waals surface area contributed by atoms with Gasteiger partial charge in [0.15, 0.2) is 0 Å². The number of rotatable bonds is 6. The van der Waals surface area contributed by atoms with Gasteiger partial charge >= 0.3 is 0 Å². The molecule has 2 fully saturated rings. The van der Waals surface area contributed by atoms with Crippen LogP contribution in [0, 0.1) is 5.92 Å². The molecule has 2 saturated heterocycles. The van der Waals surface area contributed by atoms with Gasteiger partial charge in [0.05, 0.1) is 5.92 Å². The summed E-state index contributed by atoms with van der Waals surface area (Å²) >= 11 is 0. The average Bonchev–Trinajstić information content (AvgIpc) is 2.69. The zero-order chi connectivity index (χ0) is 17.5. The first-order valence-corrected chi connectivity index (χ1v) is 9.87. The van der Waals surface area contributed by atoms with Crippen LogP contribution in [0.15, 0.2) is 12.4 Å². The van der Waals surface area contributed by atoms with Crippen LogP contribution in [0.2, 0.25) is 0 Å². The van der Waals surface area contributed by atoms with Gasteiger partial charge in [-0.1, -0.05) is 13.3 Å². The first kappa shape index (κ1) is 18.0. The van der Waals surface area contributed by atoms with E-state index in [0.29, 0.717) is 0 Å². The Hall–Kier alpha value is -1.85. The lowest BCUT2D eigenvalue weighted by Crippen LogP contribution is -2.43. The molecule has 3 heterocycles. The van der Waals surface area contributed by atoms with Gasteiger partial charge < -0.3 is 15.1 Å². The third kappa shape index (κ3) is 4.83. The van der Waals surface area contributed by atoms with E-state index in [1.54, 1.807) is 6.33 Å². The summed E-state index contributed by atoms with van der Waals surface area (Å²) in [5.41, 5.74) is 0. The third-order valence-electron chi connectivity index (χ3n) is 5.26. The number of carbonyl (C=O) groups excluding carboxylic acids is 1. The molecule has 1 atom stereocenters. The highest BCUT2D eigenvalue weighted by atomic mass is 16.1. The highest BCUT2D eigenvalue weighted by Gasteiger charge is 2.26. The number of hydrogen-bond donors (Lipinski definition) is 1. The van der Waals surface area contributed by atoms with Crippen molar-refractivity contribution in [3.8, 4) is 0 Å². The molecule has 1 amide bonds. The molecule has 0 spiro atoms. The number of nitrogens with one attached hydrogen (secondary N) is 1. The monoisotopic (exact) mass is 345 g/mol. The molecule has 1 N–H and O–H groups in total. The molecule has 1 unspecified atom stereocenters. The van der Waals surface area contributed by atoms with E-state index < -0.39 is 0 Å². The van der Waals surface area contributed by atoms with Crippen molar-refractivity contribution in [3.63, 3.8) is 0 Å². The summed E-state index contributed by atoms with van der Waals surface area (Å²) in [4.78, 5) is 25.9. The molecule has 25 heavy (non-hydrogen) atoms. The normalized spacial score (nSPS) is 21.2. The van der Waals surface area contributed by atoms with E-state index in [1.807, 2.05) is 0 Å². The van der Waals surface area contributed by atoms with Gasteiger partial charge in [0.25, 0.3) is 0 Å². The molecule has 3 rings (SSSR count). The first-order chi connectivity index (χ1) is 12.3. The molecule has 2 aliphatic heterocycles. The van der Waals surface area contributed by atoms with Crippen molar-refractivity contribution in [2.75, 3.05) is 42.5 Å². The molecule has 6 nitrogen and oxygen atoms in total. The highest BCUT2D eigenvalue weighted by Crippen LogP contribution is 2.25. The van der Waals surface area contributed by atoms with E-state index in [-0.39, 0.29) is 11.8 Å². The fourth-order valence-corrected chi connectivity index (χ4v) is 3.74. The number of anilines is 2. The summed E-state index contributed by atoms with van der Waals surface area (Å²) in [6.45, 7) is 6.82. The van der Waals surface area contributed by atoms with Crippen LogP contribution in [0.3, 0.4) is 0 Å². The van der Waals surface area contributed by atoms with Crippen molar-refractivity contribution >= 4 is 17.5 Å². The Bertz CT molecular complexity index is 559. The Morgan fingerprint density at radius 2 is 1.84 bits per heavy atom. The third-order valence-corrected chi connectivity index (χ3v) is 5.26. The predicted molar refractivity (Wildman–Crippen MR) is 101 cm³/mol. The number of piperidine rings is 2. The Balaban J connectivity index is 1.62. The maximum atomic E-state index is 12.4. The number of unbranched alkanes of at least 4 members (excludes halogenated alkanes) is 1. The van der Waals surface area contributed by atoms with Crippen LogP contribution in [0.5, 0.6) is 0 Å². The van der Waals surface area contributed by atoms with Crippen LogP contribution in [0.4, 0.5) is 11.6 Å². The second-order valence-corrected chi connectivity index (χ2v) is 7.21. The van der Waals surface area contributed by atoms with Gasteiger partial charge in [0, 0.05) is 38.8 Å². The minimum absolute atomic E-state index is 0.0685. The number of nitrogens with zero attached hydrogens (tertiary/aromatic N) is 4. The molecule has 1 aromatic heterocycles. The highest BCUT2D eigenvalue weighted by molar-refractivity contribution is 5.79. The summed E-state index contributed by atoms with van der Waals surface area (Å²) in [6, 6.07) is 2.10. The predicted octanol–water partition coefficient (Wildman–Crippen LogP) is 2.60. The molecule has 0 bridgehead atoms. The average molecular weight is 345 g/mol. The van der Waals surface area contributed by atoms with Gasteiger partial charge in [-0.25, -0.2) is 9.97 Å². The molecule has 6 heteroatoms. The Kier molecular flexibility index (Phi) is 6.48. The van der Waals surface area contributed by atoms with Crippen molar-refractivity contribution in [1.82, 2.24) is 15.3 Å². The lowest BCUT2D eigenvalue weighted by Gasteiger charge is -2.34. The van der Waals surface area contributed by atoms with E-state index >= 15 is 0 Å². The van der Waals surface area contributed by atoms with Gasteiger partial charge in [-0.15, -0.1) is 0 Å². The second-order valence-electron chi connectivity index (χ2n) is 7.21. The Morgan fingerprint density at radius 3 is 2.60 bits per heavy atom. The largest absolute Gasteiger partial charge is 0.356 e. The Morgan fingerprint density at radius 1 is 1.12 bits per heavy atom. The number of hydrogen-bond acceptors (Lipinski definition) is 5. The number of amides is 1. The summed E-state index contributed by atoms with van der Waals surface area (Å²) in [6.07, 6.45) is 9.63. The molecular weight excluding hydrogens is 314 g/mol. The van der Waals surface area contributed by atoms with Gasteiger partial charge in [0.2, 0.25) is 5.91 Å². The van der Waals surface area contributed by atoms with Crippen molar-refractivity contribution in [2.45, 2.75) is 51.9 Å². The van der Waals surface area contributed by atoms with Crippen molar-refractivity contribution in [3.05, 3.63) is 12.4 Å². The van der Waals surface area contributed by atoms with Crippen LogP contribution in [0.25, 0.3) is 0 Å². The number of carbonyl (C=O) groups is 1. The van der Waals surface area contributed by atoms with E-state index in [1.165, 1.54) is 19.3 Å². The zero-order valence-corrected chi connectivity index (χ0v) is 15.4. The second kappa shape index (κ2) is 9.02. The maximum Gasteiger partial charge on any atom is 0.224 e. The fraction of sp³-hybridized carbons (Fsp3) is 0.737. The molecule has 2 aliphatic rings. The minimum Gasteiger partial charge on any atom is -0.356 e. The lowest BCUT2D eigenvalue weighted by molar-refractivity contribution is -0.125. The molecule has 0 saturated carbocycles. The lowest BCUT2D eigenvalue weighted by atomic mass is 9.97. The smallest absolute Gasteiger partial charge is 0.224 e. The van der Waals surface area contributed by atoms with Crippen molar-refractivity contribution in [1.29, 1.82) is 0 Å². The van der Waals surface area contributed by atoms with Crippen LogP contribution >= 0.6 is 0 Å². The van der Waals surface area contributed by atoms with E-state index in [4.69, 9.17) is 0 Å². The Labute approximate surface area is 151 Å². The summed E-state index contributed by atoms with van der Waals surface area (Å²) < 4.78 is 0. The van der Waals surface area contributed by atoms with Gasteiger partial charge in [-0.3, -0.25) is 4.79 Å². The van der Waals surface area contributed by atoms with Crippen molar-refractivity contribution < 1.29 is 4.79 Å². The van der Waals surface area contributed by atoms with Gasteiger partial charge in [0.1, 0.15) is 18.0 Å². The maximum absolute atomic E-state index is 12.4. The summed E-state index contributed by atoms with van der Waals surface area (Å²) in [7, 11) is 0. The van der Waals surface area contributed by atoms with Crippen LogP contribution in [-0.2, 0) is 4.79 Å². The number of aromatic nitrogens is 2. The SMILES string of the molecule is CCCCNC(=O)C1CCCN(c2cc(N3CCCCC3)ncn2)C1. The first-order valence-electron chi connectivity index (χ1n) is 9.87. The standard InChI is InChI=1S/C19H31N5O/c1-2-3-9-20-19(25)16-8-7-12-24(14-16)18-13-17(21-15-22-18)23-10-5-4-6-11-23/h13,15-16H,2-12,14H2,1H3,(H,20,25). The molecule has 0 aromatic carbocycles. The molecule has 138 valence electrons. The molecule has 0 aliphatic carbocycles. The van der Waals surface area contributed by atoms with Crippen LogP contribution < -0.4 is 15.1 Å². The summed E-state index contributed by atoms with van der Waals surface area (Å²) in [5.74, 6) is 2.25. The van der Waals surface area contributed by atoms with Crippen LogP contribution in [-0.4, -0.2) is 48.6 Å². The van der Waals surface area contributed by atoms with Gasteiger partial charge in [-0.05, 0) is 38.5 Å². The topological polar surface area (TPSA) is 61.4 Å².